The highest BCUT2D eigenvalue weighted by Gasteiger charge is 2.30. The largest absolute Gasteiger partial charge is 0.456 e. The van der Waals surface area contributed by atoms with Crippen LogP contribution in [0.25, 0.3) is 5.69 Å². The van der Waals surface area contributed by atoms with Gasteiger partial charge in [-0.2, -0.15) is 18.3 Å². The van der Waals surface area contributed by atoms with Gasteiger partial charge >= 0.3 is 12.1 Å². The Kier molecular flexibility index (Phi) is 5.49. The normalized spacial score (nSPS) is 11.3. The molecule has 9 heteroatoms. The highest BCUT2D eigenvalue weighted by Crippen LogP contribution is 2.30. The second-order valence-corrected chi connectivity index (χ2v) is 6.16. The maximum atomic E-state index is 13.2. The molecule has 0 unspecified atom stereocenters. The summed E-state index contributed by atoms with van der Waals surface area (Å²) in [6.45, 7) is 1.17. The van der Waals surface area contributed by atoms with E-state index in [1.165, 1.54) is 37.3 Å². The maximum Gasteiger partial charge on any atom is 0.416 e. The Balaban J connectivity index is 1.91. The third kappa shape index (κ3) is 4.68. The molecule has 0 radical (unpaired) electrons. The second kappa shape index (κ2) is 7.86. The smallest absolute Gasteiger partial charge is 0.416 e. The van der Waals surface area contributed by atoms with Gasteiger partial charge in [0.15, 0.2) is 0 Å². The van der Waals surface area contributed by atoms with Crippen molar-refractivity contribution in [1.29, 1.82) is 0 Å². The molecule has 0 aliphatic heterocycles. The second-order valence-electron chi connectivity index (χ2n) is 6.16. The van der Waals surface area contributed by atoms with Crippen LogP contribution in [0.3, 0.4) is 0 Å². The van der Waals surface area contributed by atoms with Crippen molar-refractivity contribution in [2.24, 2.45) is 0 Å². The molecule has 0 aliphatic rings. The van der Waals surface area contributed by atoms with E-state index in [4.69, 9.17) is 4.74 Å². The molecule has 0 saturated carbocycles. The van der Waals surface area contributed by atoms with Crippen molar-refractivity contribution in [2.75, 3.05) is 0 Å². The van der Waals surface area contributed by atoms with Crippen molar-refractivity contribution in [2.45, 2.75) is 19.7 Å². The number of hydrogen-bond donors (Lipinski definition) is 0. The molecule has 0 spiro atoms. The molecule has 0 fully saturated rings. The van der Waals surface area contributed by atoms with E-state index in [1.54, 1.807) is 0 Å². The van der Waals surface area contributed by atoms with E-state index >= 15 is 0 Å². The summed E-state index contributed by atoms with van der Waals surface area (Å²) in [4.78, 5) is 24.4. The van der Waals surface area contributed by atoms with Gasteiger partial charge in [0.25, 0.3) is 0 Å². The minimum absolute atomic E-state index is 0.0245. The predicted octanol–water partition coefficient (Wildman–Crippen LogP) is 4.06. The number of benzene rings is 2. The third-order valence-electron chi connectivity index (χ3n) is 3.98. The first kappa shape index (κ1) is 20.2. The molecule has 0 atom stereocenters. The molecule has 3 aromatic rings. The SMILES string of the molecule is Cc1cc(=O)c(C(=O)OCc2cccc(F)c2)nn1-c1cccc(C(F)(F)F)c1. The lowest BCUT2D eigenvalue weighted by Gasteiger charge is -2.13. The summed E-state index contributed by atoms with van der Waals surface area (Å²) >= 11 is 0. The molecule has 29 heavy (non-hydrogen) atoms. The summed E-state index contributed by atoms with van der Waals surface area (Å²) in [6, 6.07) is 10.7. The average Bonchev–Trinajstić information content (AvgIpc) is 2.66. The molecule has 0 N–H and O–H groups in total. The van der Waals surface area contributed by atoms with E-state index in [-0.39, 0.29) is 18.0 Å². The summed E-state index contributed by atoms with van der Waals surface area (Å²) < 4.78 is 58.1. The number of rotatable bonds is 4. The zero-order valence-electron chi connectivity index (χ0n) is 15.0. The Labute approximate surface area is 162 Å². The Morgan fingerprint density at radius 3 is 2.52 bits per heavy atom. The van der Waals surface area contributed by atoms with E-state index in [0.29, 0.717) is 5.56 Å². The van der Waals surface area contributed by atoms with Crippen LogP contribution in [0.15, 0.2) is 59.4 Å². The lowest BCUT2D eigenvalue weighted by molar-refractivity contribution is -0.137. The number of ether oxygens (including phenoxy) is 1. The minimum Gasteiger partial charge on any atom is -0.456 e. The molecule has 150 valence electrons. The molecule has 3 rings (SSSR count). The number of aryl methyl sites for hydroxylation is 1. The van der Waals surface area contributed by atoms with Crippen LogP contribution in [0.1, 0.15) is 27.3 Å². The molecular weight excluding hydrogens is 392 g/mol. The van der Waals surface area contributed by atoms with Gasteiger partial charge in [0.1, 0.15) is 12.4 Å². The molecular formula is C20H14F4N2O3. The van der Waals surface area contributed by atoms with Crippen molar-refractivity contribution in [1.82, 2.24) is 9.78 Å². The van der Waals surface area contributed by atoms with Crippen molar-refractivity contribution in [3.8, 4) is 5.69 Å². The molecule has 1 aromatic heterocycles. The zero-order valence-corrected chi connectivity index (χ0v) is 15.0. The van der Waals surface area contributed by atoms with Gasteiger partial charge in [-0.3, -0.25) is 4.79 Å². The van der Waals surface area contributed by atoms with Gasteiger partial charge in [-0.15, -0.1) is 0 Å². The average molecular weight is 406 g/mol. The van der Waals surface area contributed by atoms with Gasteiger partial charge in [-0.05, 0) is 42.8 Å². The van der Waals surface area contributed by atoms with Crippen molar-refractivity contribution < 1.29 is 27.1 Å². The summed E-state index contributed by atoms with van der Waals surface area (Å²) in [5.41, 5.74) is -1.61. The van der Waals surface area contributed by atoms with Crippen LogP contribution in [-0.4, -0.2) is 15.7 Å². The monoisotopic (exact) mass is 406 g/mol. The highest BCUT2D eigenvalue weighted by molar-refractivity contribution is 5.86. The van der Waals surface area contributed by atoms with Gasteiger partial charge in [0, 0.05) is 11.8 Å². The van der Waals surface area contributed by atoms with Gasteiger partial charge in [-0.25, -0.2) is 13.9 Å². The quantitative estimate of drug-likeness (QED) is 0.484. The van der Waals surface area contributed by atoms with Crippen LogP contribution in [0, 0.1) is 12.7 Å². The van der Waals surface area contributed by atoms with Crippen molar-refractivity contribution in [3.63, 3.8) is 0 Å². The lowest BCUT2D eigenvalue weighted by Crippen LogP contribution is -2.24. The van der Waals surface area contributed by atoms with Crippen LogP contribution in [0.4, 0.5) is 17.6 Å². The van der Waals surface area contributed by atoms with E-state index < -0.39 is 34.6 Å². The minimum atomic E-state index is -4.56. The number of aromatic nitrogens is 2. The number of halogens is 4. The van der Waals surface area contributed by atoms with Crippen LogP contribution >= 0.6 is 0 Å². The first-order valence-corrected chi connectivity index (χ1v) is 8.35. The summed E-state index contributed by atoms with van der Waals surface area (Å²) in [7, 11) is 0. The van der Waals surface area contributed by atoms with Crippen molar-refractivity contribution in [3.05, 3.63) is 93.2 Å². The lowest BCUT2D eigenvalue weighted by atomic mass is 10.2. The Hall–Kier alpha value is -3.49. The fourth-order valence-electron chi connectivity index (χ4n) is 2.61. The number of hydrogen-bond acceptors (Lipinski definition) is 4. The fraction of sp³-hybridized carbons (Fsp3) is 0.150. The molecule has 0 saturated heterocycles. The van der Waals surface area contributed by atoms with Gasteiger partial charge in [0.2, 0.25) is 11.1 Å². The maximum absolute atomic E-state index is 13.2. The van der Waals surface area contributed by atoms with Gasteiger partial charge in [-0.1, -0.05) is 18.2 Å². The molecule has 0 aliphatic carbocycles. The molecule has 2 aromatic carbocycles. The molecule has 0 bridgehead atoms. The number of esters is 1. The van der Waals surface area contributed by atoms with E-state index in [0.717, 1.165) is 28.9 Å². The molecule has 0 amide bonds. The summed E-state index contributed by atoms with van der Waals surface area (Å²) in [5.74, 6) is -1.58. The van der Waals surface area contributed by atoms with E-state index in [2.05, 4.69) is 5.10 Å². The Bertz CT molecular complexity index is 1120. The summed E-state index contributed by atoms with van der Waals surface area (Å²) in [5, 5.41) is 3.88. The Morgan fingerprint density at radius 1 is 1.10 bits per heavy atom. The van der Waals surface area contributed by atoms with Crippen LogP contribution in [0.5, 0.6) is 0 Å². The highest BCUT2D eigenvalue weighted by atomic mass is 19.4. The molecule has 5 nitrogen and oxygen atoms in total. The predicted molar refractivity (Wildman–Crippen MR) is 95.1 cm³/mol. The number of nitrogens with zero attached hydrogens (tertiary/aromatic N) is 2. The number of alkyl halides is 3. The Morgan fingerprint density at radius 2 is 1.83 bits per heavy atom. The van der Waals surface area contributed by atoms with Gasteiger partial charge in [0.05, 0.1) is 11.3 Å². The van der Waals surface area contributed by atoms with Crippen LogP contribution < -0.4 is 5.43 Å². The number of carbonyl (C=O) groups is 1. The summed E-state index contributed by atoms with van der Waals surface area (Å²) in [6.07, 6.45) is -4.56. The van der Waals surface area contributed by atoms with Crippen LogP contribution in [-0.2, 0) is 17.5 Å². The standard InChI is InChI=1S/C20H14F4N2O3/c1-12-8-17(27)18(19(28)29-11-13-4-2-6-15(21)9-13)25-26(12)16-7-3-5-14(10-16)20(22,23)24/h2-10H,11H2,1H3. The first-order chi connectivity index (χ1) is 13.6. The molecule has 1 heterocycles. The van der Waals surface area contributed by atoms with E-state index in [1.807, 2.05) is 0 Å². The zero-order chi connectivity index (χ0) is 21.2. The van der Waals surface area contributed by atoms with Crippen LogP contribution in [0.2, 0.25) is 0 Å². The van der Waals surface area contributed by atoms with Crippen molar-refractivity contribution >= 4 is 5.97 Å². The number of carbonyl (C=O) groups excluding carboxylic acids is 1. The fourth-order valence-corrected chi connectivity index (χ4v) is 2.61. The van der Waals surface area contributed by atoms with E-state index in [9.17, 15) is 27.2 Å². The van der Waals surface area contributed by atoms with Gasteiger partial charge < -0.3 is 4.74 Å². The topological polar surface area (TPSA) is 61.2 Å². The first-order valence-electron chi connectivity index (χ1n) is 8.35. The third-order valence-corrected chi connectivity index (χ3v) is 3.98.